The van der Waals surface area contributed by atoms with Crippen LogP contribution < -0.4 is 20.5 Å². The predicted octanol–water partition coefficient (Wildman–Crippen LogP) is 4.75. The van der Waals surface area contributed by atoms with Crippen LogP contribution in [0.3, 0.4) is 0 Å². The standard InChI is InChI=1S/C32H30F4N4O5/c1-17-10-19-11-21(12-24(45-31(35)36)27(19)38-15-17)30(42)39-16-32(43,22-4-5-22)25-13-20(14-26(37)41)29(44-9-8-33)28(40-25)18-2-6-23(34)7-3-18/h2-3,6-7,10-13,15,22,31,43H,4-5,8-9,14,16H2,1H3,(H2,37,41)(H,39,42)/t32-/m1/s1. The molecule has 5 rings (SSSR count). The van der Waals surface area contributed by atoms with Gasteiger partial charge in [0.2, 0.25) is 5.91 Å². The van der Waals surface area contributed by atoms with E-state index in [1.54, 1.807) is 13.0 Å². The summed E-state index contributed by atoms with van der Waals surface area (Å²) in [6, 6.07) is 10.9. The number of primary amides is 1. The van der Waals surface area contributed by atoms with Crippen LogP contribution in [0.15, 0.2) is 54.7 Å². The number of amides is 2. The number of rotatable bonds is 13. The van der Waals surface area contributed by atoms with E-state index in [-0.39, 0.29) is 65.0 Å². The van der Waals surface area contributed by atoms with E-state index in [1.807, 2.05) is 0 Å². The number of hydrogen-bond donors (Lipinski definition) is 3. The molecule has 45 heavy (non-hydrogen) atoms. The number of aliphatic hydroxyl groups is 1. The molecule has 1 aliphatic rings. The van der Waals surface area contributed by atoms with Crippen LogP contribution in [0.1, 0.15) is 40.0 Å². The van der Waals surface area contributed by atoms with E-state index in [9.17, 15) is 32.3 Å². The molecule has 0 radical (unpaired) electrons. The molecular formula is C32H30F4N4O5. The Morgan fingerprint density at radius 2 is 1.89 bits per heavy atom. The molecule has 0 bridgehead atoms. The summed E-state index contributed by atoms with van der Waals surface area (Å²) >= 11 is 0. The number of nitrogens with two attached hydrogens (primary N) is 1. The number of fused-ring (bicyclic) bond motifs is 1. The van der Waals surface area contributed by atoms with Gasteiger partial charge in [0.15, 0.2) is 5.75 Å². The van der Waals surface area contributed by atoms with Gasteiger partial charge in [0, 0.05) is 28.3 Å². The second-order valence-corrected chi connectivity index (χ2v) is 10.9. The normalized spacial score (nSPS) is 14.3. The maximum atomic E-state index is 13.8. The number of ether oxygens (including phenoxy) is 2. The quantitative estimate of drug-likeness (QED) is 0.182. The SMILES string of the molecule is Cc1cnc2c(OC(F)F)cc(C(=O)NC[C@](O)(c3cc(CC(N)=O)c(OCCF)c(-c4ccc(F)cc4)n3)C3CC3)cc2c1. The number of halogens is 4. The first-order valence-corrected chi connectivity index (χ1v) is 14.1. The minimum atomic E-state index is -3.15. The smallest absolute Gasteiger partial charge is 0.387 e. The Morgan fingerprint density at radius 3 is 2.53 bits per heavy atom. The van der Waals surface area contributed by atoms with Crippen molar-refractivity contribution in [2.75, 3.05) is 19.8 Å². The van der Waals surface area contributed by atoms with Crippen molar-refractivity contribution in [1.29, 1.82) is 0 Å². The number of nitrogens with one attached hydrogen (secondary N) is 1. The van der Waals surface area contributed by atoms with Gasteiger partial charge in [-0.15, -0.1) is 0 Å². The molecule has 2 aromatic heterocycles. The molecule has 0 saturated heterocycles. The van der Waals surface area contributed by atoms with E-state index >= 15 is 0 Å². The Labute approximate surface area is 255 Å². The van der Waals surface area contributed by atoms with Gasteiger partial charge in [-0.2, -0.15) is 8.78 Å². The first-order chi connectivity index (χ1) is 21.5. The first kappa shape index (κ1) is 31.6. The van der Waals surface area contributed by atoms with Gasteiger partial charge in [-0.1, -0.05) is 0 Å². The molecule has 4 aromatic rings. The van der Waals surface area contributed by atoms with Crippen LogP contribution in [-0.2, 0) is 16.8 Å². The number of carbonyl (C=O) groups excluding carboxylic acids is 2. The maximum absolute atomic E-state index is 13.8. The summed E-state index contributed by atoms with van der Waals surface area (Å²) < 4.78 is 63.5. The Bertz CT molecular complexity index is 1730. The van der Waals surface area contributed by atoms with Crippen LogP contribution in [0.25, 0.3) is 22.2 Å². The lowest BCUT2D eigenvalue weighted by Crippen LogP contribution is -2.43. The molecule has 0 spiro atoms. The molecule has 9 nitrogen and oxygen atoms in total. The van der Waals surface area contributed by atoms with E-state index in [1.165, 1.54) is 42.6 Å². The van der Waals surface area contributed by atoms with Crippen molar-refractivity contribution in [1.82, 2.24) is 15.3 Å². The van der Waals surface area contributed by atoms with Gasteiger partial charge in [-0.05, 0) is 79.8 Å². The predicted molar refractivity (Wildman–Crippen MR) is 156 cm³/mol. The molecular weight excluding hydrogens is 596 g/mol. The van der Waals surface area contributed by atoms with E-state index < -0.39 is 36.5 Å². The van der Waals surface area contributed by atoms with Crippen LogP contribution >= 0.6 is 0 Å². The molecule has 1 saturated carbocycles. The second kappa shape index (κ2) is 13.1. The highest BCUT2D eigenvalue weighted by Crippen LogP contribution is 2.47. The number of pyridine rings is 2. The van der Waals surface area contributed by atoms with E-state index in [4.69, 9.17) is 10.5 Å². The fourth-order valence-electron chi connectivity index (χ4n) is 5.20. The van der Waals surface area contributed by atoms with Crippen LogP contribution in [0, 0.1) is 18.7 Å². The number of benzene rings is 2. The number of carbonyl (C=O) groups is 2. The summed E-state index contributed by atoms with van der Waals surface area (Å²) in [5.74, 6) is -2.50. The molecule has 0 aliphatic heterocycles. The molecule has 236 valence electrons. The summed E-state index contributed by atoms with van der Waals surface area (Å²) in [5, 5.41) is 15.1. The zero-order valence-corrected chi connectivity index (χ0v) is 24.2. The largest absolute Gasteiger partial charge is 0.488 e. The van der Waals surface area contributed by atoms with Gasteiger partial charge in [0.25, 0.3) is 5.91 Å². The Morgan fingerprint density at radius 1 is 1.16 bits per heavy atom. The van der Waals surface area contributed by atoms with Crippen LogP contribution in [0.5, 0.6) is 11.5 Å². The highest BCUT2D eigenvalue weighted by atomic mass is 19.3. The van der Waals surface area contributed by atoms with Crippen molar-refractivity contribution in [3.05, 3.63) is 82.9 Å². The number of aryl methyl sites for hydroxylation is 1. The maximum Gasteiger partial charge on any atom is 0.387 e. The fraction of sp³-hybridized carbons (Fsp3) is 0.312. The van der Waals surface area contributed by atoms with Gasteiger partial charge in [-0.25, -0.2) is 13.8 Å². The van der Waals surface area contributed by atoms with Crippen molar-refractivity contribution in [2.45, 2.75) is 38.4 Å². The topological polar surface area (TPSA) is 137 Å². The molecule has 2 heterocycles. The monoisotopic (exact) mass is 626 g/mol. The van der Waals surface area contributed by atoms with E-state index in [2.05, 4.69) is 20.0 Å². The average Bonchev–Trinajstić information content (AvgIpc) is 3.85. The van der Waals surface area contributed by atoms with Crippen molar-refractivity contribution in [3.63, 3.8) is 0 Å². The van der Waals surface area contributed by atoms with Crippen molar-refractivity contribution < 1.29 is 41.7 Å². The molecule has 1 atom stereocenters. The lowest BCUT2D eigenvalue weighted by Gasteiger charge is -2.30. The minimum absolute atomic E-state index is 0.00644. The van der Waals surface area contributed by atoms with Crippen LogP contribution in [0.2, 0.25) is 0 Å². The lowest BCUT2D eigenvalue weighted by atomic mass is 9.90. The highest BCUT2D eigenvalue weighted by Gasteiger charge is 2.47. The third-order valence-electron chi connectivity index (χ3n) is 7.43. The highest BCUT2D eigenvalue weighted by molar-refractivity contribution is 6.00. The number of aromatic nitrogens is 2. The van der Waals surface area contributed by atoms with E-state index in [0.717, 1.165) is 11.6 Å². The van der Waals surface area contributed by atoms with Gasteiger partial charge < -0.3 is 25.6 Å². The molecule has 1 aliphatic carbocycles. The van der Waals surface area contributed by atoms with Gasteiger partial charge >= 0.3 is 6.61 Å². The molecule has 1 fully saturated rings. The molecule has 13 heteroatoms. The zero-order valence-electron chi connectivity index (χ0n) is 24.2. The average molecular weight is 627 g/mol. The third kappa shape index (κ3) is 7.14. The summed E-state index contributed by atoms with van der Waals surface area (Å²) in [7, 11) is 0. The number of hydrogen-bond acceptors (Lipinski definition) is 7. The molecule has 4 N–H and O–H groups in total. The fourth-order valence-corrected chi connectivity index (χ4v) is 5.20. The van der Waals surface area contributed by atoms with Crippen molar-refractivity contribution in [2.24, 2.45) is 11.7 Å². The number of nitrogens with zero attached hydrogens (tertiary/aromatic N) is 2. The van der Waals surface area contributed by atoms with Gasteiger partial charge in [0.05, 0.1) is 18.7 Å². The van der Waals surface area contributed by atoms with Crippen molar-refractivity contribution >= 4 is 22.7 Å². The first-order valence-electron chi connectivity index (χ1n) is 14.1. The Hall–Kier alpha value is -4.78. The summed E-state index contributed by atoms with van der Waals surface area (Å²) in [6.07, 6.45) is 2.34. The third-order valence-corrected chi connectivity index (χ3v) is 7.43. The van der Waals surface area contributed by atoms with Crippen LogP contribution in [0.4, 0.5) is 17.6 Å². The van der Waals surface area contributed by atoms with Gasteiger partial charge in [-0.3, -0.25) is 14.6 Å². The summed E-state index contributed by atoms with van der Waals surface area (Å²) in [6.45, 7) is -2.93. The lowest BCUT2D eigenvalue weighted by molar-refractivity contribution is -0.117. The Balaban J connectivity index is 1.53. The molecule has 2 aromatic carbocycles. The Kier molecular flexibility index (Phi) is 9.19. The molecule has 2 amide bonds. The van der Waals surface area contributed by atoms with Crippen LogP contribution in [-0.4, -0.2) is 53.3 Å². The zero-order chi connectivity index (χ0) is 32.3. The molecule has 0 unspecified atom stereocenters. The minimum Gasteiger partial charge on any atom is -0.488 e. The van der Waals surface area contributed by atoms with E-state index in [0.29, 0.717) is 23.8 Å². The van der Waals surface area contributed by atoms with Gasteiger partial charge in [0.1, 0.15) is 41.7 Å². The van der Waals surface area contributed by atoms with Crippen molar-refractivity contribution in [3.8, 4) is 22.8 Å². The second-order valence-electron chi connectivity index (χ2n) is 10.9. The number of alkyl halides is 3. The summed E-state index contributed by atoms with van der Waals surface area (Å²) in [5.41, 5.74) is 5.41. The summed E-state index contributed by atoms with van der Waals surface area (Å²) in [4.78, 5) is 34.2.